The van der Waals surface area contributed by atoms with E-state index in [1.165, 1.54) is 105 Å². The summed E-state index contributed by atoms with van der Waals surface area (Å²) in [7, 11) is 0. The summed E-state index contributed by atoms with van der Waals surface area (Å²) in [5, 5.41) is 5.07. The van der Waals surface area contributed by atoms with Gasteiger partial charge in [0.05, 0.1) is 22.1 Å². The minimum Gasteiger partial charge on any atom is -0.309 e. The van der Waals surface area contributed by atoms with E-state index in [0.717, 1.165) is 0 Å². The Hall–Kier alpha value is -7.42. The fraction of sp³-hybridized carbons (Fsp3) is 0.0182. The van der Waals surface area contributed by atoms with Crippen LogP contribution < -0.4 is 0 Å². The summed E-state index contributed by atoms with van der Waals surface area (Å²) in [5.41, 5.74) is 18.9. The lowest BCUT2D eigenvalue weighted by atomic mass is 9.87. The molecule has 2 nitrogen and oxygen atoms in total. The summed E-state index contributed by atoms with van der Waals surface area (Å²) < 4.78 is 4.76. The maximum absolute atomic E-state index is 2.42. The maximum atomic E-state index is 2.42. The fourth-order valence-electron chi connectivity index (χ4n) is 9.65. The molecule has 0 saturated carbocycles. The van der Waals surface area contributed by atoms with Crippen molar-refractivity contribution in [3.8, 4) is 44.8 Å². The number of fused-ring (bicyclic) bond motifs is 9. The Bertz CT molecular complexity index is 3350. The van der Waals surface area contributed by atoms with Gasteiger partial charge >= 0.3 is 0 Å². The van der Waals surface area contributed by atoms with Crippen molar-refractivity contribution in [2.45, 2.75) is 5.92 Å². The van der Waals surface area contributed by atoms with Crippen LogP contribution in [0.25, 0.3) is 88.4 Å². The smallest absolute Gasteiger partial charge is 0.0541 e. The number of benzene rings is 9. The first-order valence-corrected chi connectivity index (χ1v) is 19.8. The zero-order chi connectivity index (χ0) is 37.5. The molecule has 266 valence electrons. The summed E-state index contributed by atoms with van der Waals surface area (Å²) in [6, 6.07) is 78.2. The number of hydrogen-bond donors (Lipinski definition) is 0. The van der Waals surface area contributed by atoms with E-state index >= 15 is 0 Å². The highest BCUT2D eigenvalue weighted by Crippen LogP contribution is 2.50. The van der Waals surface area contributed by atoms with Crippen LogP contribution in [-0.2, 0) is 0 Å². The lowest BCUT2D eigenvalue weighted by Gasteiger charge is -2.16. The van der Waals surface area contributed by atoms with Crippen LogP contribution >= 0.6 is 0 Å². The topological polar surface area (TPSA) is 9.86 Å². The average molecular weight is 725 g/mol. The van der Waals surface area contributed by atoms with Gasteiger partial charge in [0.1, 0.15) is 0 Å². The summed E-state index contributed by atoms with van der Waals surface area (Å²) in [6.45, 7) is 0. The molecule has 2 heterocycles. The van der Waals surface area contributed by atoms with Crippen LogP contribution in [0.15, 0.2) is 212 Å². The van der Waals surface area contributed by atoms with Gasteiger partial charge < -0.3 is 9.13 Å². The Labute approximate surface area is 331 Å². The quantitative estimate of drug-likeness (QED) is 0.167. The van der Waals surface area contributed by atoms with Crippen LogP contribution in [-0.4, -0.2) is 9.13 Å². The van der Waals surface area contributed by atoms with Gasteiger partial charge in [0.25, 0.3) is 0 Å². The van der Waals surface area contributed by atoms with Gasteiger partial charge in [-0.05, 0) is 117 Å². The Kier molecular flexibility index (Phi) is 7.02. The number of aromatic nitrogens is 2. The lowest BCUT2D eigenvalue weighted by Crippen LogP contribution is -1.99. The number of nitrogens with zero attached hydrogens (tertiary/aromatic N) is 2. The molecule has 2 heteroatoms. The standard InChI is InChI=1S/C55H36N2/c1-3-16-41(17-4-1)56-51-24-11-9-21-44(51)49-34-38(27-30-53(49)56)36-14-13-15-40(32-36)55-46-23-8-7-20-43(46)48-33-37(26-29-47(48)55)39-28-31-54-50(35-39)45-22-10-12-25-52(45)57(54)42-18-5-2-6-19-42/h1-35,55H. The van der Waals surface area contributed by atoms with Crippen LogP contribution in [0.1, 0.15) is 22.6 Å². The van der Waals surface area contributed by atoms with Gasteiger partial charge in [0, 0.05) is 38.8 Å². The number of para-hydroxylation sites is 4. The first-order valence-electron chi connectivity index (χ1n) is 19.8. The van der Waals surface area contributed by atoms with Crippen LogP contribution in [0.2, 0.25) is 0 Å². The van der Waals surface area contributed by atoms with Crippen LogP contribution in [0, 0.1) is 0 Å². The minimum atomic E-state index is 0.153. The normalized spacial score (nSPS) is 13.4. The Balaban J connectivity index is 0.954. The Morgan fingerprint density at radius 3 is 1.39 bits per heavy atom. The molecule has 0 radical (unpaired) electrons. The fourth-order valence-corrected chi connectivity index (χ4v) is 9.65. The van der Waals surface area contributed by atoms with Gasteiger partial charge in [-0.15, -0.1) is 0 Å². The molecule has 57 heavy (non-hydrogen) atoms. The van der Waals surface area contributed by atoms with Crippen molar-refractivity contribution in [3.63, 3.8) is 0 Å². The van der Waals surface area contributed by atoms with Crippen molar-refractivity contribution < 1.29 is 0 Å². The van der Waals surface area contributed by atoms with E-state index in [1.807, 2.05) is 0 Å². The summed E-state index contributed by atoms with van der Waals surface area (Å²) in [5.74, 6) is 0.153. The van der Waals surface area contributed by atoms with Crippen molar-refractivity contribution in [1.29, 1.82) is 0 Å². The highest BCUT2D eigenvalue weighted by Gasteiger charge is 2.30. The summed E-state index contributed by atoms with van der Waals surface area (Å²) in [6.07, 6.45) is 0. The van der Waals surface area contributed by atoms with E-state index in [0.29, 0.717) is 0 Å². The average Bonchev–Trinajstić information content (AvgIpc) is 3.92. The zero-order valence-electron chi connectivity index (χ0n) is 31.2. The van der Waals surface area contributed by atoms with Gasteiger partial charge in [-0.1, -0.05) is 146 Å². The predicted molar refractivity (Wildman–Crippen MR) is 239 cm³/mol. The SMILES string of the molecule is c1ccc(-n2c3ccccc3c3cc(-c4cccc(C5c6ccccc6-c6cc(-c7ccc8c(c7)c7ccccc7n8-c7ccccc7)ccc65)c4)ccc32)cc1. The molecule has 1 aliphatic rings. The lowest BCUT2D eigenvalue weighted by molar-refractivity contribution is 1.02. The third kappa shape index (κ3) is 4.91. The first kappa shape index (κ1) is 31.9. The second kappa shape index (κ2) is 12.6. The van der Waals surface area contributed by atoms with Crippen LogP contribution in [0.3, 0.4) is 0 Å². The molecule has 0 amide bonds. The van der Waals surface area contributed by atoms with E-state index in [-0.39, 0.29) is 5.92 Å². The molecule has 0 fully saturated rings. The largest absolute Gasteiger partial charge is 0.309 e. The van der Waals surface area contributed by atoms with E-state index in [9.17, 15) is 0 Å². The van der Waals surface area contributed by atoms with Gasteiger partial charge in [-0.25, -0.2) is 0 Å². The second-order valence-corrected chi connectivity index (χ2v) is 15.3. The highest BCUT2D eigenvalue weighted by atomic mass is 15.0. The van der Waals surface area contributed by atoms with E-state index < -0.39 is 0 Å². The molecular weight excluding hydrogens is 689 g/mol. The van der Waals surface area contributed by atoms with Crippen molar-refractivity contribution in [1.82, 2.24) is 9.13 Å². The Morgan fingerprint density at radius 1 is 0.281 bits per heavy atom. The van der Waals surface area contributed by atoms with Crippen LogP contribution in [0.4, 0.5) is 0 Å². The molecule has 1 unspecified atom stereocenters. The molecule has 11 aromatic rings. The molecule has 0 saturated heterocycles. The third-order valence-electron chi connectivity index (χ3n) is 12.2. The van der Waals surface area contributed by atoms with E-state index in [1.54, 1.807) is 0 Å². The molecular formula is C55H36N2. The molecule has 0 spiro atoms. The summed E-state index contributed by atoms with van der Waals surface area (Å²) in [4.78, 5) is 0. The van der Waals surface area contributed by atoms with Gasteiger partial charge in [0.2, 0.25) is 0 Å². The predicted octanol–water partition coefficient (Wildman–Crippen LogP) is 14.4. The molecule has 0 N–H and O–H groups in total. The van der Waals surface area contributed by atoms with Crippen molar-refractivity contribution in [2.75, 3.05) is 0 Å². The van der Waals surface area contributed by atoms with E-state index in [2.05, 4.69) is 221 Å². The molecule has 1 aliphatic carbocycles. The van der Waals surface area contributed by atoms with E-state index in [4.69, 9.17) is 0 Å². The van der Waals surface area contributed by atoms with Gasteiger partial charge in [-0.3, -0.25) is 0 Å². The Morgan fingerprint density at radius 2 is 0.754 bits per heavy atom. The van der Waals surface area contributed by atoms with Crippen molar-refractivity contribution >= 4 is 43.6 Å². The van der Waals surface area contributed by atoms with Crippen molar-refractivity contribution in [2.24, 2.45) is 0 Å². The molecule has 0 bridgehead atoms. The molecule has 2 aromatic heterocycles. The summed E-state index contributed by atoms with van der Waals surface area (Å²) >= 11 is 0. The maximum Gasteiger partial charge on any atom is 0.0541 e. The number of rotatable bonds is 5. The monoisotopic (exact) mass is 724 g/mol. The molecule has 12 rings (SSSR count). The van der Waals surface area contributed by atoms with Gasteiger partial charge in [0.15, 0.2) is 0 Å². The molecule has 1 atom stereocenters. The molecule has 9 aromatic carbocycles. The van der Waals surface area contributed by atoms with Gasteiger partial charge in [-0.2, -0.15) is 0 Å². The first-order chi connectivity index (χ1) is 28.3. The highest BCUT2D eigenvalue weighted by molar-refractivity contribution is 6.11. The minimum absolute atomic E-state index is 0.153. The molecule has 0 aliphatic heterocycles. The second-order valence-electron chi connectivity index (χ2n) is 15.3. The zero-order valence-corrected chi connectivity index (χ0v) is 31.2. The number of hydrogen-bond acceptors (Lipinski definition) is 0. The van der Waals surface area contributed by atoms with Crippen molar-refractivity contribution in [3.05, 3.63) is 229 Å². The van der Waals surface area contributed by atoms with Crippen LogP contribution in [0.5, 0.6) is 0 Å². The third-order valence-corrected chi connectivity index (χ3v) is 12.2.